The van der Waals surface area contributed by atoms with Gasteiger partial charge in [-0.3, -0.25) is 0 Å². The van der Waals surface area contributed by atoms with E-state index < -0.39 is 0 Å². The largest absolute Gasteiger partial charge is 0.327 e. The van der Waals surface area contributed by atoms with E-state index in [1.165, 1.54) is 24.2 Å². The molecular weight excluding hydrogens is 288 g/mol. The number of nitrogens with zero attached hydrogens (tertiary/aromatic N) is 2. The smallest absolute Gasteiger partial charge is 0.115 e. The zero-order valence-electron chi connectivity index (χ0n) is 11.2. The molecule has 1 aromatic carbocycles. The molecule has 2 nitrogen and oxygen atoms in total. The molecule has 0 N–H and O–H groups in total. The van der Waals surface area contributed by atoms with Gasteiger partial charge in [-0.25, -0.2) is 4.98 Å². The van der Waals surface area contributed by atoms with Crippen molar-refractivity contribution < 1.29 is 0 Å². The second-order valence-corrected chi connectivity index (χ2v) is 7.29. The van der Waals surface area contributed by atoms with Crippen LogP contribution < -0.4 is 0 Å². The molecule has 3 rings (SSSR count). The summed E-state index contributed by atoms with van der Waals surface area (Å²) in [5.41, 5.74) is 2.48. The van der Waals surface area contributed by atoms with E-state index in [1.807, 2.05) is 0 Å². The van der Waals surface area contributed by atoms with Gasteiger partial charge in [0.2, 0.25) is 0 Å². The highest BCUT2D eigenvalue weighted by Gasteiger charge is 2.28. The molecule has 0 radical (unpaired) electrons. The summed E-state index contributed by atoms with van der Waals surface area (Å²) in [5, 5.41) is 0. The van der Waals surface area contributed by atoms with E-state index >= 15 is 0 Å². The maximum atomic E-state index is 4.86. The number of aromatic nitrogens is 2. The van der Waals surface area contributed by atoms with Crippen LogP contribution in [0.5, 0.6) is 0 Å². The van der Waals surface area contributed by atoms with Crippen molar-refractivity contribution in [2.45, 2.75) is 45.6 Å². The van der Waals surface area contributed by atoms with E-state index in [1.54, 1.807) is 0 Å². The summed E-state index contributed by atoms with van der Waals surface area (Å²) >= 11 is 3.53. The maximum absolute atomic E-state index is 4.86. The van der Waals surface area contributed by atoms with Crippen LogP contribution in [0.3, 0.4) is 0 Å². The third-order valence-electron chi connectivity index (χ3n) is 3.52. The maximum Gasteiger partial charge on any atom is 0.115 e. The van der Waals surface area contributed by atoms with E-state index in [0.717, 1.165) is 22.5 Å². The highest BCUT2D eigenvalue weighted by Crippen LogP contribution is 2.35. The molecule has 1 aliphatic rings. The number of fused-ring (bicyclic) bond motifs is 1. The molecule has 0 amide bonds. The van der Waals surface area contributed by atoms with Crippen molar-refractivity contribution in [1.29, 1.82) is 0 Å². The van der Waals surface area contributed by atoms with Crippen LogP contribution in [0.4, 0.5) is 0 Å². The minimum Gasteiger partial charge on any atom is -0.327 e. The van der Waals surface area contributed by atoms with E-state index in [-0.39, 0.29) is 5.41 Å². The number of imidazole rings is 1. The van der Waals surface area contributed by atoms with Gasteiger partial charge < -0.3 is 4.57 Å². The molecule has 1 saturated carbocycles. The Morgan fingerprint density at radius 2 is 2.06 bits per heavy atom. The van der Waals surface area contributed by atoms with Crippen LogP contribution in [0, 0.1) is 5.92 Å². The van der Waals surface area contributed by atoms with Gasteiger partial charge in [0.25, 0.3) is 0 Å². The van der Waals surface area contributed by atoms with Crippen LogP contribution in [0.1, 0.15) is 39.4 Å². The van der Waals surface area contributed by atoms with Crippen molar-refractivity contribution in [1.82, 2.24) is 9.55 Å². The number of hydrogen-bond acceptors (Lipinski definition) is 1. The topological polar surface area (TPSA) is 17.8 Å². The van der Waals surface area contributed by atoms with Gasteiger partial charge in [0, 0.05) is 16.4 Å². The molecule has 0 spiro atoms. The molecule has 0 aliphatic heterocycles. The van der Waals surface area contributed by atoms with E-state index in [0.29, 0.717) is 0 Å². The van der Waals surface area contributed by atoms with Crippen molar-refractivity contribution in [3.05, 3.63) is 28.5 Å². The minimum atomic E-state index is 0.0976. The van der Waals surface area contributed by atoms with Crippen molar-refractivity contribution in [2.24, 2.45) is 5.92 Å². The van der Waals surface area contributed by atoms with Gasteiger partial charge in [-0.1, -0.05) is 36.7 Å². The summed E-state index contributed by atoms with van der Waals surface area (Å²) in [6.07, 6.45) is 2.75. The summed E-state index contributed by atoms with van der Waals surface area (Å²) in [5.74, 6) is 2.08. The van der Waals surface area contributed by atoms with Crippen molar-refractivity contribution in [2.75, 3.05) is 0 Å². The molecule has 0 saturated heterocycles. The lowest BCUT2D eigenvalue weighted by molar-refractivity contribution is 0.491. The predicted molar refractivity (Wildman–Crippen MR) is 78.9 cm³/mol. The lowest BCUT2D eigenvalue weighted by atomic mass is 9.95. The molecule has 0 unspecified atom stereocenters. The Balaban J connectivity index is 2.19. The fourth-order valence-electron chi connectivity index (χ4n) is 2.42. The average Bonchev–Trinajstić information content (AvgIpc) is 2.99. The number of hydrogen-bond donors (Lipinski definition) is 0. The van der Waals surface area contributed by atoms with Crippen LogP contribution in [-0.2, 0) is 12.0 Å². The second-order valence-electron chi connectivity index (χ2n) is 6.37. The van der Waals surface area contributed by atoms with Crippen LogP contribution in [-0.4, -0.2) is 9.55 Å². The second kappa shape index (κ2) is 4.09. The Morgan fingerprint density at radius 1 is 1.33 bits per heavy atom. The highest BCUT2D eigenvalue weighted by atomic mass is 79.9. The van der Waals surface area contributed by atoms with E-state index in [2.05, 4.69) is 59.5 Å². The van der Waals surface area contributed by atoms with Crippen LogP contribution >= 0.6 is 15.9 Å². The lowest BCUT2D eigenvalue weighted by Gasteiger charge is -2.20. The molecule has 1 fully saturated rings. The SMILES string of the molecule is CC(C)(C)c1nc2cc(Br)ccc2n1CC1CC1. The highest BCUT2D eigenvalue weighted by molar-refractivity contribution is 9.10. The van der Waals surface area contributed by atoms with Gasteiger partial charge in [0.1, 0.15) is 5.82 Å². The Bertz CT molecular complexity index is 588. The van der Waals surface area contributed by atoms with Gasteiger partial charge in [0.05, 0.1) is 11.0 Å². The first kappa shape index (κ1) is 12.2. The summed E-state index contributed by atoms with van der Waals surface area (Å²) < 4.78 is 3.53. The summed E-state index contributed by atoms with van der Waals surface area (Å²) in [7, 11) is 0. The minimum absolute atomic E-state index is 0.0976. The van der Waals surface area contributed by atoms with Crippen molar-refractivity contribution in [3.8, 4) is 0 Å². The molecule has 1 aromatic heterocycles. The van der Waals surface area contributed by atoms with Crippen molar-refractivity contribution >= 4 is 27.0 Å². The Labute approximate surface area is 117 Å². The third kappa shape index (κ3) is 2.20. The molecule has 2 aromatic rings. The van der Waals surface area contributed by atoms with Gasteiger partial charge in [0.15, 0.2) is 0 Å². The Kier molecular flexibility index (Phi) is 2.77. The fourth-order valence-corrected chi connectivity index (χ4v) is 2.77. The predicted octanol–water partition coefficient (Wildman–Crippen LogP) is 4.51. The number of rotatable bonds is 2. The van der Waals surface area contributed by atoms with Gasteiger partial charge in [-0.2, -0.15) is 0 Å². The van der Waals surface area contributed by atoms with Gasteiger partial charge in [-0.05, 0) is 37.0 Å². The zero-order valence-corrected chi connectivity index (χ0v) is 12.8. The Hall–Kier alpha value is -0.830. The lowest BCUT2D eigenvalue weighted by Crippen LogP contribution is -2.19. The third-order valence-corrected chi connectivity index (χ3v) is 4.01. The number of halogens is 1. The van der Waals surface area contributed by atoms with Crippen molar-refractivity contribution in [3.63, 3.8) is 0 Å². The van der Waals surface area contributed by atoms with Gasteiger partial charge >= 0.3 is 0 Å². The fraction of sp³-hybridized carbons (Fsp3) is 0.533. The quantitative estimate of drug-likeness (QED) is 0.798. The first-order valence-corrected chi connectivity index (χ1v) is 7.41. The molecule has 3 heteroatoms. The first-order valence-electron chi connectivity index (χ1n) is 6.61. The van der Waals surface area contributed by atoms with E-state index in [4.69, 9.17) is 4.98 Å². The first-order chi connectivity index (χ1) is 8.45. The van der Waals surface area contributed by atoms with Crippen LogP contribution in [0.15, 0.2) is 22.7 Å². The summed E-state index contributed by atoms with van der Waals surface area (Å²) in [6.45, 7) is 7.86. The average molecular weight is 307 g/mol. The Morgan fingerprint density at radius 3 is 2.67 bits per heavy atom. The molecule has 1 aliphatic carbocycles. The standard InChI is InChI=1S/C15H19BrN2/c1-15(2,3)14-17-12-8-11(16)6-7-13(12)18(14)9-10-4-5-10/h6-8,10H,4-5,9H2,1-3H3. The van der Waals surface area contributed by atoms with Crippen LogP contribution in [0.25, 0.3) is 11.0 Å². The summed E-state index contributed by atoms with van der Waals surface area (Å²) in [4.78, 5) is 4.86. The monoisotopic (exact) mass is 306 g/mol. The van der Waals surface area contributed by atoms with Gasteiger partial charge in [-0.15, -0.1) is 0 Å². The van der Waals surface area contributed by atoms with E-state index in [9.17, 15) is 0 Å². The zero-order chi connectivity index (χ0) is 12.9. The molecular formula is C15H19BrN2. The molecule has 0 bridgehead atoms. The molecule has 1 heterocycles. The normalized spacial score (nSPS) is 16.4. The summed E-state index contributed by atoms with van der Waals surface area (Å²) in [6, 6.07) is 6.41. The molecule has 0 atom stereocenters. The number of benzene rings is 1. The molecule has 96 valence electrons. The van der Waals surface area contributed by atoms with Crippen LogP contribution in [0.2, 0.25) is 0 Å². The molecule has 18 heavy (non-hydrogen) atoms.